The van der Waals surface area contributed by atoms with Gasteiger partial charge in [0, 0.05) is 11.4 Å². The molecule has 0 aromatic heterocycles. The van der Waals surface area contributed by atoms with E-state index in [0.717, 1.165) is 12.8 Å². The molecule has 4 heteroatoms. The van der Waals surface area contributed by atoms with Gasteiger partial charge in [-0.15, -0.1) is 0 Å². The molecule has 92 valence electrons. The van der Waals surface area contributed by atoms with Crippen molar-refractivity contribution in [2.45, 2.75) is 37.7 Å². The van der Waals surface area contributed by atoms with Crippen LogP contribution in [0.5, 0.6) is 0 Å². The van der Waals surface area contributed by atoms with E-state index in [-0.39, 0.29) is 12.2 Å². The van der Waals surface area contributed by atoms with Crippen LogP contribution in [0, 0.1) is 5.82 Å². The van der Waals surface area contributed by atoms with Crippen molar-refractivity contribution in [1.29, 1.82) is 0 Å². The molecule has 1 fully saturated rings. The van der Waals surface area contributed by atoms with E-state index in [1.54, 1.807) is 6.07 Å². The smallest absolute Gasteiger partial charge is 0.168 e. The first-order valence-corrected chi connectivity index (χ1v) is 6.09. The molecule has 1 N–H and O–H groups in total. The fourth-order valence-electron chi connectivity index (χ4n) is 2.24. The van der Waals surface area contributed by atoms with Crippen molar-refractivity contribution >= 4 is 17.4 Å². The normalized spacial score (nSPS) is 18.3. The molecule has 0 bridgehead atoms. The molecule has 2 nitrogen and oxygen atoms in total. The average molecular weight is 257 g/mol. The van der Waals surface area contributed by atoms with Crippen LogP contribution in [0.1, 0.15) is 31.2 Å². The molecule has 1 saturated carbocycles. The van der Waals surface area contributed by atoms with Gasteiger partial charge in [-0.05, 0) is 43.4 Å². The molecule has 1 aliphatic rings. The zero-order valence-corrected chi connectivity index (χ0v) is 10.1. The number of hydrogen-bond acceptors (Lipinski definition) is 2. The van der Waals surface area contributed by atoms with Crippen molar-refractivity contribution in [2.75, 3.05) is 0 Å². The van der Waals surface area contributed by atoms with Gasteiger partial charge in [-0.25, -0.2) is 4.39 Å². The minimum Gasteiger partial charge on any atom is -0.382 e. The zero-order valence-electron chi connectivity index (χ0n) is 9.38. The van der Waals surface area contributed by atoms with Crippen LogP contribution in [-0.4, -0.2) is 16.5 Å². The molecule has 1 aromatic rings. The standard InChI is InChI=1S/C13H14ClFO2/c14-10-4-3-9(11(15)8-10)7-12(16)13(17)5-1-2-6-13/h3-4,8,17H,1-2,5-7H2. The maximum Gasteiger partial charge on any atom is 0.168 e. The molecule has 0 heterocycles. The number of rotatable bonds is 3. The van der Waals surface area contributed by atoms with Crippen molar-refractivity contribution in [3.8, 4) is 0 Å². The number of halogens is 2. The maximum atomic E-state index is 13.5. The van der Waals surface area contributed by atoms with E-state index >= 15 is 0 Å². The number of benzene rings is 1. The lowest BCUT2D eigenvalue weighted by atomic mass is 9.92. The van der Waals surface area contributed by atoms with Gasteiger partial charge in [0.05, 0.1) is 0 Å². The molecule has 0 amide bonds. The minimum absolute atomic E-state index is 0.0699. The van der Waals surface area contributed by atoms with Crippen LogP contribution in [0.15, 0.2) is 18.2 Å². The second kappa shape index (κ2) is 4.75. The Morgan fingerprint density at radius 2 is 2.06 bits per heavy atom. The highest BCUT2D eigenvalue weighted by Crippen LogP contribution is 2.31. The van der Waals surface area contributed by atoms with Gasteiger partial charge in [0.25, 0.3) is 0 Å². The van der Waals surface area contributed by atoms with E-state index in [9.17, 15) is 14.3 Å². The number of carbonyl (C=O) groups is 1. The van der Waals surface area contributed by atoms with Crippen LogP contribution >= 0.6 is 11.6 Å². The highest BCUT2D eigenvalue weighted by atomic mass is 35.5. The molecule has 17 heavy (non-hydrogen) atoms. The Hall–Kier alpha value is -0.930. The maximum absolute atomic E-state index is 13.5. The molecule has 0 aliphatic heterocycles. The molecule has 1 aliphatic carbocycles. The number of aliphatic hydroxyl groups is 1. The first kappa shape index (κ1) is 12.5. The first-order chi connectivity index (χ1) is 8.01. The van der Waals surface area contributed by atoms with Crippen LogP contribution in [0.2, 0.25) is 5.02 Å². The Morgan fingerprint density at radius 3 is 2.65 bits per heavy atom. The third-order valence-electron chi connectivity index (χ3n) is 3.32. The van der Waals surface area contributed by atoms with E-state index in [0.29, 0.717) is 23.4 Å². The summed E-state index contributed by atoms with van der Waals surface area (Å²) in [5, 5.41) is 10.4. The molecule has 0 radical (unpaired) electrons. The lowest BCUT2D eigenvalue weighted by molar-refractivity contribution is -0.136. The second-order valence-corrected chi connectivity index (χ2v) is 5.01. The fraction of sp³-hybridized carbons (Fsp3) is 0.462. The van der Waals surface area contributed by atoms with Gasteiger partial charge in [0.2, 0.25) is 0 Å². The van der Waals surface area contributed by atoms with E-state index in [2.05, 4.69) is 0 Å². The quantitative estimate of drug-likeness (QED) is 0.903. The number of Topliss-reactive ketones (excluding diaryl/α,β-unsaturated/α-hetero) is 1. The Kier molecular flexibility index (Phi) is 3.50. The van der Waals surface area contributed by atoms with Crippen LogP contribution in [0.3, 0.4) is 0 Å². The summed E-state index contributed by atoms with van der Waals surface area (Å²) >= 11 is 5.63. The Labute approximate surface area is 104 Å². The van der Waals surface area contributed by atoms with Crippen LogP contribution in [-0.2, 0) is 11.2 Å². The van der Waals surface area contributed by atoms with Crippen molar-refractivity contribution in [2.24, 2.45) is 0 Å². The lowest BCUT2D eigenvalue weighted by Gasteiger charge is -2.20. The molecule has 0 atom stereocenters. The summed E-state index contributed by atoms with van der Waals surface area (Å²) in [6.45, 7) is 0. The van der Waals surface area contributed by atoms with Gasteiger partial charge in [0.15, 0.2) is 5.78 Å². The highest BCUT2D eigenvalue weighted by Gasteiger charge is 2.38. The van der Waals surface area contributed by atoms with Gasteiger partial charge < -0.3 is 5.11 Å². The monoisotopic (exact) mass is 256 g/mol. The molecule has 0 spiro atoms. The Morgan fingerprint density at radius 1 is 1.41 bits per heavy atom. The number of hydrogen-bond donors (Lipinski definition) is 1. The summed E-state index contributed by atoms with van der Waals surface area (Å²) in [6.07, 6.45) is 2.61. The van der Waals surface area contributed by atoms with Crippen molar-refractivity contribution in [1.82, 2.24) is 0 Å². The molecule has 0 unspecified atom stereocenters. The molecule has 2 rings (SSSR count). The average Bonchev–Trinajstić information content (AvgIpc) is 2.71. The van der Waals surface area contributed by atoms with Gasteiger partial charge in [-0.2, -0.15) is 0 Å². The summed E-state index contributed by atoms with van der Waals surface area (Å²) in [4.78, 5) is 11.9. The van der Waals surface area contributed by atoms with E-state index < -0.39 is 11.4 Å². The van der Waals surface area contributed by atoms with E-state index in [1.165, 1.54) is 12.1 Å². The minimum atomic E-state index is -1.24. The summed E-state index contributed by atoms with van der Waals surface area (Å²) in [5.74, 6) is -0.788. The summed E-state index contributed by atoms with van der Waals surface area (Å²) in [5.41, 5.74) is -0.953. The largest absolute Gasteiger partial charge is 0.382 e. The van der Waals surface area contributed by atoms with E-state index in [4.69, 9.17) is 11.6 Å². The topological polar surface area (TPSA) is 37.3 Å². The number of carbonyl (C=O) groups excluding carboxylic acids is 1. The third kappa shape index (κ3) is 2.67. The Balaban J connectivity index is 2.13. The fourth-order valence-corrected chi connectivity index (χ4v) is 2.40. The summed E-state index contributed by atoms with van der Waals surface area (Å²) in [7, 11) is 0. The SMILES string of the molecule is O=C(Cc1ccc(Cl)cc1F)C1(O)CCCC1. The van der Waals surface area contributed by atoms with Crippen LogP contribution in [0.4, 0.5) is 4.39 Å². The summed E-state index contributed by atoms with van der Waals surface area (Å²) in [6, 6.07) is 4.22. The molecular weight excluding hydrogens is 243 g/mol. The lowest BCUT2D eigenvalue weighted by Crippen LogP contribution is -2.36. The van der Waals surface area contributed by atoms with Crippen molar-refractivity contribution < 1.29 is 14.3 Å². The molecule has 1 aromatic carbocycles. The van der Waals surface area contributed by atoms with Crippen LogP contribution in [0.25, 0.3) is 0 Å². The van der Waals surface area contributed by atoms with Crippen LogP contribution < -0.4 is 0 Å². The molecule has 0 saturated heterocycles. The number of ketones is 1. The van der Waals surface area contributed by atoms with Gasteiger partial charge in [0.1, 0.15) is 11.4 Å². The third-order valence-corrected chi connectivity index (χ3v) is 3.55. The highest BCUT2D eigenvalue weighted by molar-refractivity contribution is 6.30. The zero-order chi connectivity index (χ0) is 12.5. The van der Waals surface area contributed by atoms with Crippen molar-refractivity contribution in [3.05, 3.63) is 34.6 Å². The van der Waals surface area contributed by atoms with Gasteiger partial charge in [-0.3, -0.25) is 4.79 Å². The Bertz CT molecular complexity index is 439. The predicted molar refractivity (Wildman–Crippen MR) is 63.5 cm³/mol. The van der Waals surface area contributed by atoms with Gasteiger partial charge >= 0.3 is 0 Å². The van der Waals surface area contributed by atoms with Gasteiger partial charge in [-0.1, -0.05) is 17.7 Å². The second-order valence-electron chi connectivity index (χ2n) is 4.57. The molecular formula is C13H14ClFO2. The van der Waals surface area contributed by atoms with Crippen molar-refractivity contribution in [3.63, 3.8) is 0 Å². The van der Waals surface area contributed by atoms with E-state index in [1.807, 2.05) is 0 Å². The predicted octanol–water partition coefficient (Wildman–Crippen LogP) is 2.90. The summed E-state index contributed by atoms with van der Waals surface area (Å²) < 4.78 is 13.5. The first-order valence-electron chi connectivity index (χ1n) is 5.71.